The minimum Gasteiger partial charge on any atom is -0.338 e. The van der Waals surface area contributed by atoms with Crippen molar-refractivity contribution in [1.82, 2.24) is 25.2 Å². The summed E-state index contributed by atoms with van der Waals surface area (Å²) < 4.78 is 25.9. The lowest BCUT2D eigenvalue weighted by atomic mass is 10.4. The van der Waals surface area contributed by atoms with Crippen LogP contribution in [0.1, 0.15) is 22.9 Å². The first kappa shape index (κ1) is 15.4. The van der Waals surface area contributed by atoms with Crippen molar-refractivity contribution in [2.45, 2.75) is 26.4 Å². The summed E-state index contributed by atoms with van der Waals surface area (Å²) in [6.07, 6.45) is 2.77. The van der Waals surface area contributed by atoms with Crippen molar-refractivity contribution in [3.63, 3.8) is 0 Å². The first-order chi connectivity index (χ1) is 10.1. The highest BCUT2D eigenvalue weighted by Crippen LogP contribution is 2.12. The van der Waals surface area contributed by atoms with Gasteiger partial charge in [0.1, 0.15) is 5.82 Å². The maximum Gasteiger partial charge on any atom is 0.319 e. The van der Waals surface area contributed by atoms with E-state index in [1.165, 1.54) is 23.7 Å². The molecule has 0 aliphatic heterocycles. The summed E-state index contributed by atoms with van der Waals surface area (Å²) in [6, 6.07) is -0.349. The Hall–Kier alpha value is -2.03. The van der Waals surface area contributed by atoms with Gasteiger partial charge in [-0.1, -0.05) is 0 Å². The minimum atomic E-state index is -2.62. The fourth-order valence-electron chi connectivity index (χ4n) is 1.72. The molecule has 0 saturated heterocycles. The van der Waals surface area contributed by atoms with E-state index in [9.17, 15) is 13.6 Å². The Kier molecular flexibility index (Phi) is 5.20. The number of hydrogen-bond donors (Lipinski definition) is 2. The summed E-state index contributed by atoms with van der Waals surface area (Å²) in [5.41, 5.74) is 2.60. The van der Waals surface area contributed by atoms with Crippen molar-refractivity contribution in [3.8, 4) is 0 Å². The molecular weight excluding hydrogens is 300 g/mol. The van der Waals surface area contributed by atoms with Crippen molar-refractivity contribution < 1.29 is 13.6 Å². The molecule has 0 atom stereocenters. The SMILES string of the molecule is Cc1ncsc1CNC(=O)NCCc1nccn1C(F)F. The summed E-state index contributed by atoms with van der Waals surface area (Å²) in [4.78, 5) is 20.5. The van der Waals surface area contributed by atoms with Crippen molar-refractivity contribution in [1.29, 1.82) is 0 Å². The minimum absolute atomic E-state index is 0.233. The van der Waals surface area contributed by atoms with Gasteiger partial charge in [0.05, 0.1) is 17.7 Å². The highest BCUT2D eigenvalue weighted by Gasteiger charge is 2.11. The lowest BCUT2D eigenvalue weighted by Crippen LogP contribution is -2.36. The van der Waals surface area contributed by atoms with Crippen LogP contribution < -0.4 is 10.6 Å². The van der Waals surface area contributed by atoms with Gasteiger partial charge in [-0.25, -0.2) is 14.8 Å². The van der Waals surface area contributed by atoms with Gasteiger partial charge < -0.3 is 10.6 Å². The average Bonchev–Trinajstić information content (AvgIpc) is 3.05. The topological polar surface area (TPSA) is 71.8 Å². The Labute approximate surface area is 124 Å². The summed E-state index contributed by atoms with van der Waals surface area (Å²) in [5, 5.41) is 5.29. The fourth-order valence-corrected chi connectivity index (χ4v) is 2.44. The number of urea groups is 1. The monoisotopic (exact) mass is 315 g/mol. The van der Waals surface area contributed by atoms with Crippen LogP contribution in [0, 0.1) is 6.92 Å². The van der Waals surface area contributed by atoms with Gasteiger partial charge in [0.25, 0.3) is 0 Å². The average molecular weight is 315 g/mol. The van der Waals surface area contributed by atoms with Crippen LogP contribution in [0.25, 0.3) is 0 Å². The number of thiazole rings is 1. The highest BCUT2D eigenvalue weighted by atomic mass is 32.1. The molecule has 6 nitrogen and oxygen atoms in total. The Bertz CT molecular complexity index is 598. The van der Waals surface area contributed by atoms with Crippen LogP contribution >= 0.6 is 11.3 Å². The standard InChI is InChI=1S/C12H15F2N5OS/c1-8-9(21-7-18-8)6-17-12(20)16-3-2-10-15-4-5-19(10)11(13)14/h4-5,7,11H,2-3,6H2,1H3,(H2,16,17,20). The van der Waals surface area contributed by atoms with Crippen molar-refractivity contribution in [2.75, 3.05) is 6.54 Å². The first-order valence-corrected chi connectivity index (χ1v) is 7.16. The van der Waals surface area contributed by atoms with Crippen LogP contribution in [-0.4, -0.2) is 27.1 Å². The van der Waals surface area contributed by atoms with E-state index >= 15 is 0 Å². The number of carbonyl (C=O) groups is 1. The number of rotatable bonds is 6. The number of aromatic nitrogens is 3. The Morgan fingerprint density at radius 3 is 2.90 bits per heavy atom. The molecule has 0 unspecified atom stereocenters. The van der Waals surface area contributed by atoms with Crippen LogP contribution in [0.5, 0.6) is 0 Å². The molecule has 0 fully saturated rings. The largest absolute Gasteiger partial charge is 0.338 e. The zero-order chi connectivity index (χ0) is 15.2. The third kappa shape index (κ3) is 4.22. The molecule has 0 aliphatic rings. The maximum atomic E-state index is 12.6. The first-order valence-electron chi connectivity index (χ1n) is 6.28. The lowest BCUT2D eigenvalue weighted by molar-refractivity contribution is 0.0670. The van der Waals surface area contributed by atoms with Gasteiger partial charge in [-0.3, -0.25) is 4.57 Å². The summed E-state index contributed by atoms with van der Waals surface area (Å²) in [6.45, 7) is -0.119. The molecule has 2 amide bonds. The zero-order valence-corrected chi connectivity index (χ0v) is 12.2. The molecular formula is C12H15F2N5OS. The van der Waals surface area contributed by atoms with E-state index in [4.69, 9.17) is 0 Å². The second-order valence-electron chi connectivity index (χ2n) is 4.25. The van der Waals surface area contributed by atoms with Crippen LogP contribution in [0.2, 0.25) is 0 Å². The van der Waals surface area contributed by atoms with E-state index in [0.717, 1.165) is 15.1 Å². The van der Waals surface area contributed by atoms with Gasteiger partial charge in [-0.15, -0.1) is 11.3 Å². The number of imidazole rings is 1. The Morgan fingerprint density at radius 2 is 2.24 bits per heavy atom. The molecule has 9 heteroatoms. The molecule has 2 aromatic heterocycles. The van der Waals surface area contributed by atoms with Gasteiger partial charge in [0, 0.05) is 30.2 Å². The van der Waals surface area contributed by atoms with Gasteiger partial charge in [-0.2, -0.15) is 8.78 Å². The number of nitrogens with one attached hydrogen (secondary N) is 2. The predicted octanol–water partition coefficient (Wildman–Crippen LogP) is 2.09. The third-order valence-electron chi connectivity index (χ3n) is 2.85. The van der Waals surface area contributed by atoms with E-state index in [1.807, 2.05) is 6.92 Å². The molecule has 0 radical (unpaired) electrons. The van der Waals surface area contributed by atoms with E-state index in [0.29, 0.717) is 6.54 Å². The quantitative estimate of drug-likeness (QED) is 0.857. The van der Waals surface area contributed by atoms with E-state index in [-0.39, 0.29) is 24.8 Å². The van der Waals surface area contributed by atoms with Crippen molar-refractivity contribution in [3.05, 3.63) is 34.3 Å². The van der Waals surface area contributed by atoms with Crippen molar-refractivity contribution in [2.24, 2.45) is 0 Å². The second-order valence-corrected chi connectivity index (χ2v) is 5.19. The molecule has 2 rings (SSSR count). The third-order valence-corrected chi connectivity index (χ3v) is 3.78. The van der Waals surface area contributed by atoms with Gasteiger partial charge >= 0.3 is 12.6 Å². The second kappa shape index (κ2) is 7.11. The number of amides is 2. The Morgan fingerprint density at radius 1 is 1.43 bits per heavy atom. The molecule has 2 aromatic rings. The number of nitrogens with zero attached hydrogens (tertiary/aromatic N) is 3. The van der Waals surface area contributed by atoms with Crippen molar-refractivity contribution >= 4 is 17.4 Å². The molecule has 0 saturated carbocycles. The van der Waals surface area contributed by atoms with Gasteiger partial charge in [-0.05, 0) is 6.92 Å². The van der Waals surface area contributed by atoms with Crippen LogP contribution in [0.4, 0.5) is 13.6 Å². The van der Waals surface area contributed by atoms with Crippen LogP contribution in [-0.2, 0) is 13.0 Å². The molecule has 2 N–H and O–H groups in total. The summed E-state index contributed by atoms with van der Waals surface area (Å²) in [5.74, 6) is 0.239. The van der Waals surface area contributed by atoms with Gasteiger partial charge in [0.2, 0.25) is 0 Å². The highest BCUT2D eigenvalue weighted by molar-refractivity contribution is 7.09. The molecule has 0 spiro atoms. The van der Waals surface area contributed by atoms with E-state index in [1.54, 1.807) is 5.51 Å². The summed E-state index contributed by atoms with van der Waals surface area (Å²) in [7, 11) is 0. The number of hydrogen-bond acceptors (Lipinski definition) is 4. The smallest absolute Gasteiger partial charge is 0.319 e. The predicted molar refractivity (Wildman–Crippen MR) is 74.3 cm³/mol. The summed E-state index contributed by atoms with van der Waals surface area (Å²) >= 11 is 1.47. The number of alkyl halides is 2. The molecule has 2 heterocycles. The van der Waals surface area contributed by atoms with Crippen LogP contribution in [0.3, 0.4) is 0 Å². The molecule has 0 aromatic carbocycles. The zero-order valence-electron chi connectivity index (χ0n) is 11.3. The Balaban J connectivity index is 1.72. The number of halogens is 2. The normalized spacial score (nSPS) is 10.9. The molecule has 21 heavy (non-hydrogen) atoms. The number of carbonyl (C=O) groups excluding carboxylic acids is 1. The fraction of sp³-hybridized carbons (Fsp3) is 0.417. The van der Waals surface area contributed by atoms with Gasteiger partial charge in [0.15, 0.2) is 0 Å². The van der Waals surface area contributed by atoms with E-state index < -0.39 is 6.55 Å². The maximum absolute atomic E-state index is 12.6. The van der Waals surface area contributed by atoms with E-state index in [2.05, 4.69) is 20.6 Å². The number of aryl methyl sites for hydroxylation is 1. The molecule has 0 bridgehead atoms. The van der Waals surface area contributed by atoms with Crippen LogP contribution in [0.15, 0.2) is 17.9 Å². The molecule has 114 valence electrons. The lowest BCUT2D eigenvalue weighted by Gasteiger charge is -2.08. The molecule has 0 aliphatic carbocycles.